The third kappa shape index (κ3) is 3.32. The molecule has 1 atom stereocenters. The SMILES string of the molecule is C/C(CC1CCc2ccccc2C1)=N\NC(N)=O. The number of primary amides is 1. The molecule has 0 radical (unpaired) electrons. The standard InChI is InChI=1S/C14H19N3O/c1-10(16-17-14(15)18)8-11-6-7-12-4-2-3-5-13(12)9-11/h2-5,11H,6-9H2,1H3,(H3,15,17,18)/b16-10+. The summed E-state index contributed by atoms with van der Waals surface area (Å²) >= 11 is 0. The quantitative estimate of drug-likeness (QED) is 0.622. The molecule has 1 unspecified atom stereocenters. The Labute approximate surface area is 107 Å². The van der Waals surface area contributed by atoms with Crippen molar-refractivity contribution in [3.8, 4) is 0 Å². The molecule has 0 saturated carbocycles. The van der Waals surface area contributed by atoms with Crippen LogP contribution in [0.1, 0.15) is 30.9 Å². The van der Waals surface area contributed by atoms with Gasteiger partial charge in [0, 0.05) is 5.71 Å². The summed E-state index contributed by atoms with van der Waals surface area (Å²) in [4.78, 5) is 10.6. The van der Waals surface area contributed by atoms with E-state index in [0.29, 0.717) is 5.92 Å². The van der Waals surface area contributed by atoms with E-state index >= 15 is 0 Å². The van der Waals surface area contributed by atoms with Crippen LogP contribution in [0.3, 0.4) is 0 Å². The number of carbonyl (C=O) groups is 1. The fourth-order valence-corrected chi connectivity index (χ4v) is 2.56. The summed E-state index contributed by atoms with van der Waals surface area (Å²) in [5, 5.41) is 3.97. The first-order chi connectivity index (χ1) is 8.65. The number of hydrazone groups is 1. The Morgan fingerprint density at radius 1 is 1.44 bits per heavy atom. The highest BCUT2D eigenvalue weighted by Gasteiger charge is 2.18. The predicted octanol–water partition coefficient (Wildman–Crippen LogP) is 2.23. The summed E-state index contributed by atoms with van der Waals surface area (Å²) in [5.41, 5.74) is 11.1. The van der Waals surface area contributed by atoms with Gasteiger partial charge in [0.2, 0.25) is 0 Å². The van der Waals surface area contributed by atoms with Gasteiger partial charge in [0.1, 0.15) is 0 Å². The first kappa shape index (κ1) is 12.6. The lowest BCUT2D eigenvalue weighted by molar-refractivity contribution is 0.249. The highest BCUT2D eigenvalue weighted by molar-refractivity contribution is 5.83. The van der Waals surface area contributed by atoms with Crippen molar-refractivity contribution in [1.82, 2.24) is 5.43 Å². The van der Waals surface area contributed by atoms with Crippen LogP contribution in [0.15, 0.2) is 29.4 Å². The molecule has 0 spiro atoms. The Morgan fingerprint density at radius 2 is 2.17 bits per heavy atom. The number of carbonyl (C=O) groups excluding carboxylic acids is 1. The number of aryl methyl sites for hydroxylation is 1. The van der Waals surface area contributed by atoms with E-state index in [4.69, 9.17) is 5.73 Å². The molecule has 1 aliphatic rings. The lowest BCUT2D eigenvalue weighted by atomic mass is 9.81. The van der Waals surface area contributed by atoms with E-state index in [1.165, 1.54) is 17.5 Å². The van der Waals surface area contributed by atoms with Crippen molar-refractivity contribution in [2.24, 2.45) is 16.8 Å². The summed E-state index contributed by atoms with van der Waals surface area (Å²) in [5.74, 6) is 0.610. The van der Waals surface area contributed by atoms with Gasteiger partial charge in [-0.2, -0.15) is 5.10 Å². The predicted molar refractivity (Wildman–Crippen MR) is 72.4 cm³/mol. The van der Waals surface area contributed by atoms with E-state index in [9.17, 15) is 4.79 Å². The number of hydrogen-bond donors (Lipinski definition) is 2. The van der Waals surface area contributed by atoms with E-state index in [1.54, 1.807) is 0 Å². The number of nitrogens with two attached hydrogens (primary N) is 1. The monoisotopic (exact) mass is 245 g/mol. The molecule has 1 aromatic carbocycles. The number of fused-ring (bicyclic) bond motifs is 1. The van der Waals surface area contributed by atoms with Gasteiger partial charge in [0.05, 0.1) is 0 Å². The first-order valence-corrected chi connectivity index (χ1v) is 6.30. The smallest absolute Gasteiger partial charge is 0.332 e. The van der Waals surface area contributed by atoms with Crippen LogP contribution in [0.4, 0.5) is 4.79 Å². The summed E-state index contributed by atoms with van der Waals surface area (Å²) in [7, 11) is 0. The zero-order chi connectivity index (χ0) is 13.0. The van der Waals surface area contributed by atoms with Gasteiger partial charge in [-0.25, -0.2) is 10.2 Å². The summed E-state index contributed by atoms with van der Waals surface area (Å²) in [6.45, 7) is 1.93. The Bertz CT molecular complexity index is 468. The molecule has 0 fully saturated rings. The number of urea groups is 1. The third-order valence-electron chi connectivity index (χ3n) is 3.39. The van der Waals surface area contributed by atoms with Crippen LogP contribution in [0.5, 0.6) is 0 Å². The maximum atomic E-state index is 10.6. The van der Waals surface area contributed by atoms with Crippen LogP contribution in [-0.2, 0) is 12.8 Å². The Morgan fingerprint density at radius 3 is 2.89 bits per heavy atom. The van der Waals surface area contributed by atoms with Crippen molar-refractivity contribution in [3.05, 3.63) is 35.4 Å². The molecule has 96 valence electrons. The molecule has 1 aromatic rings. The normalized spacial score (nSPS) is 19.2. The van der Waals surface area contributed by atoms with Crippen molar-refractivity contribution < 1.29 is 4.79 Å². The average Bonchev–Trinajstić information content (AvgIpc) is 2.36. The van der Waals surface area contributed by atoms with Gasteiger partial charge in [-0.15, -0.1) is 0 Å². The lowest BCUT2D eigenvalue weighted by Gasteiger charge is -2.24. The van der Waals surface area contributed by atoms with E-state index < -0.39 is 6.03 Å². The summed E-state index contributed by atoms with van der Waals surface area (Å²) < 4.78 is 0. The van der Waals surface area contributed by atoms with Gasteiger partial charge in [-0.05, 0) is 49.7 Å². The zero-order valence-corrected chi connectivity index (χ0v) is 10.6. The van der Waals surface area contributed by atoms with E-state index in [2.05, 4.69) is 34.8 Å². The van der Waals surface area contributed by atoms with Crippen molar-refractivity contribution in [1.29, 1.82) is 0 Å². The average molecular weight is 245 g/mol. The molecule has 0 aliphatic heterocycles. The molecule has 18 heavy (non-hydrogen) atoms. The van der Waals surface area contributed by atoms with Crippen LogP contribution in [0.25, 0.3) is 0 Å². The number of amides is 2. The molecule has 0 aromatic heterocycles. The molecule has 3 N–H and O–H groups in total. The Hall–Kier alpha value is -1.84. The maximum Gasteiger partial charge on any atom is 0.332 e. The van der Waals surface area contributed by atoms with Crippen LogP contribution in [-0.4, -0.2) is 11.7 Å². The van der Waals surface area contributed by atoms with Crippen molar-refractivity contribution in [3.63, 3.8) is 0 Å². The minimum absolute atomic E-state index is 0.608. The fraction of sp³-hybridized carbons (Fsp3) is 0.429. The molecule has 4 heteroatoms. The highest BCUT2D eigenvalue weighted by Crippen LogP contribution is 2.27. The van der Waals surface area contributed by atoms with E-state index in [0.717, 1.165) is 25.0 Å². The van der Waals surface area contributed by atoms with Gasteiger partial charge in [-0.1, -0.05) is 24.3 Å². The van der Waals surface area contributed by atoms with Crippen LogP contribution >= 0.6 is 0 Å². The van der Waals surface area contributed by atoms with Gasteiger partial charge < -0.3 is 5.73 Å². The minimum atomic E-state index is -0.608. The summed E-state index contributed by atoms with van der Waals surface area (Å²) in [6, 6.07) is 8.00. The van der Waals surface area contributed by atoms with Crippen molar-refractivity contribution in [2.75, 3.05) is 0 Å². The second-order valence-electron chi connectivity index (χ2n) is 4.90. The lowest BCUT2D eigenvalue weighted by Crippen LogP contribution is -2.26. The first-order valence-electron chi connectivity index (χ1n) is 6.30. The van der Waals surface area contributed by atoms with Gasteiger partial charge in [-0.3, -0.25) is 0 Å². The van der Waals surface area contributed by atoms with E-state index in [1.807, 2.05) is 6.92 Å². The Balaban J connectivity index is 1.93. The van der Waals surface area contributed by atoms with Crippen molar-refractivity contribution in [2.45, 2.75) is 32.6 Å². The molecule has 0 heterocycles. The fourth-order valence-electron chi connectivity index (χ4n) is 2.56. The Kier molecular flexibility index (Phi) is 3.97. The maximum absolute atomic E-state index is 10.6. The van der Waals surface area contributed by atoms with Gasteiger partial charge in [0.25, 0.3) is 0 Å². The number of benzene rings is 1. The molecule has 4 nitrogen and oxygen atoms in total. The van der Waals surface area contributed by atoms with Crippen LogP contribution in [0, 0.1) is 5.92 Å². The van der Waals surface area contributed by atoms with Gasteiger partial charge >= 0.3 is 6.03 Å². The largest absolute Gasteiger partial charge is 0.350 e. The molecule has 0 bridgehead atoms. The summed E-state index contributed by atoms with van der Waals surface area (Å²) in [6.07, 6.45) is 4.33. The molecule has 2 amide bonds. The zero-order valence-electron chi connectivity index (χ0n) is 10.6. The molecule has 2 rings (SSSR count). The topological polar surface area (TPSA) is 67.5 Å². The highest BCUT2D eigenvalue weighted by atomic mass is 16.2. The van der Waals surface area contributed by atoms with E-state index in [-0.39, 0.29) is 0 Å². The molecular formula is C14H19N3O. The minimum Gasteiger partial charge on any atom is -0.350 e. The van der Waals surface area contributed by atoms with Crippen molar-refractivity contribution >= 4 is 11.7 Å². The number of hydrogen-bond acceptors (Lipinski definition) is 2. The number of rotatable bonds is 3. The number of nitrogens with one attached hydrogen (secondary N) is 1. The number of nitrogens with zero attached hydrogens (tertiary/aromatic N) is 1. The molecule has 1 aliphatic carbocycles. The van der Waals surface area contributed by atoms with Gasteiger partial charge in [0.15, 0.2) is 0 Å². The third-order valence-corrected chi connectivity index (χ3v) is 3.39. The van der Waals surface area contributed by atoms with Crippen LogP contribution in [0.2, 0.25) is 0 Å². The second kappa shape index (κ2) is 5.67. The second-order valence-corrected chi connectivity index (χ2v) is 4.90. The molecule has 0 saturated heterocycles. The molecular weight excluding hydrogens is 226 g/mol. The van der Waals surface area contributed by atoms with Crippen LogP contribution < -0.4 is 11.2 Å².